The van der Waals surface area contributed by atoms with Crippen LogP contribution >= 0.6 is 0 Å². The predicted octanol–water partition coefficient (Wildman–Crippen LogP) is 2.64. The summed E-state index contributed by atoms with van der Waals surface area (Å²) in [6, 6.07) is 3.54. The van der Waals surface area contributed by atoms with E-state index in [0.29, 0.717) is 12.4 Å². The third kappa shape index (κ3) is 3.94. The number of hydrogen-bond acceptors (Lipinski definition) is 3. The minimum Gasteiger partial charge on any atom is -0.465 e. The summed E-state index contributed by atoms with van der Waals surface area (Å²) in [5.74, 6) is 0.326. The zero-order chi connectivity index (χ0) is 10.2. The second-order valence-electron chi connectivity index (χ2n) is 2.87. The molecule has 14 heavy (non-hydrogen) atoms. The van der Waals surface area contributed by atoms with Crippen LogP contribution in [0.5, 0.6) is 0 Å². The summed E-state index contributed by atoms with van der Waals surface area (Å²) in [7, 11) is 0. The predicted molar refractivity (Wildman–Crippen MR) is 53.6 cm³/mol. The Labute approximate surface area is 83.4 Å². The van der Waals surface area contributed by atoms with Crippen LogP contribution in [-0.2, 0) is 9.53 Å². The van der Waals surface area contributed by atoms with Gasteiger partial charge in [0.25, 0.3) is 0 Å². The Morgan fingerprint density at radius 3 is 3.14 bits per heavy atom. The molecule has 0 N–H and O–H groups in total. The van der Waals surface area contributed by atoms with Crippen molar-refractivity contribution >= 4 is 12.0 Å². The van der Waals surface area contributed by atoms with E-state index in [1.807, 2.05) is 6.92 Å². The van der Waals surface area contributed by atoms with E-state index in [-0.39, 0.29) is 5.97 Å². The Morgan fingerprint density at radius 1 is 1.64 bits per heavy atom. The average molecular weight is 194 g/mol. The largest absolute Gasteiger partial charge is 0.465 e. The van der Waals surface area contributed by atoms with Crippen molar-refractivity contribution in [3.63, 3.8) is 0 Å². The highest BCUT2D eigenvalue weighted by Gasteiger charge is 1.96. The highest BCUT2D eigenvalue weighted by atomic mass is 16.5. The number of unbranched alkanes of at least 4 members (excludes halogenated alkanes) is 1. The fourth-order valence-electron chi connectivity index (χ4n) is 0.901. The summed E-state index contributed by atoms with van der Waals surface area (Å²) in [6.45, 7) is 2.53. The van der Waals surface area contributed by atoms with Gasteiger partial charge in [-0.15, -0.1) is 0 Å². The van der Waals surface area contributed by atoms with Gasteiger partial charge in [-0.05, 0) is 24.6 Å². The Kier molecular flexibility index (Phi) is 4.55. The fraction of sp³-hybridized carbons (Fsp3) is 0.364. The molecule has 3 nitrogen and oxygen atoms in total. The second-order valence-corrected chi connectivity index (χ2v) is 2.87. The Hall–Kier alpha value is -1.51. The van der Waals surface area contributed by atoms with E-state index in [1.165, 1.54) is 6.08 Å². The third-order valence-electron chi connectivity index (χ3n) is 1.67. The molecular weight excluding hydrogens is 180 g/mol. The first-order valence-electron chi connectivity index (χ1n) is 4.71. The van der Waals surface area contributed by atoms with E-state index in [2.05, 4.69) is 0 Å². The third-order valence-corrected chi connectivity index (χ3v) is 1.67. The molecule has 0 unspecified atom stereocenters. The van der Waals surface area contributed by atoms with Crippen molar-refractivity contribution in [1.82, 2.24) is 0 Å². The number of ether oxygens (including phenoxy) is 1. The van der Waals surface area contributed by atoms with Crippen LogP contribution in [-0.4, -0.2) is 12.6 Å². The molecule has 0 saturated carbocycles. The SMILES string of the molecule is CCCCOC(=O)C=Cc1ccco1. The summed E-state index contributed by atoms with van der Waals surface area (Å²) in [5.41, 5.74) is 0. The molecule has 0 bridgehead atoms. The van der Waals surface area contributed by atoms with E-state index >= 15 is 0 Å². The van der Waals surface area contributed by atoms with E-state index in [4.69, 9.17) is 9.15 Å². The van der Waals surface area contributed by atoms with Crippen LogP contribution in [0.1, 0.15) is 25.5 Å². The van der Waals surface area contributed by atoms with Crippen LogP contribution in [0.25, 0.3) is 6.08 Å². The maximum Gasteiger partial charge on any atom is 0.330 e. The Bertz CT molecular complexity index is 285. The van der Waals surface area contributed by atoms with E-state index in [1.54, 1.807) is 24.5 Å². The standard InChI is InChI=1S/C11H14O3/c1-2-3-8-14-11(12)7-6-10-5-4-9-13-10/h4-7,9H,2-3,8H2,1H3. The van der Waals surface area contributed by atoms with Crippen molar-refractivity contribution in [1.29, 1.82) is 0 Å². The van der Waals surface area contributed by atoms with Crippen molar-refractivity contribution in [2.75, 3.05) is 6.61 Å². The molecule has 0 saturated heterocycles. The van der Waals surface area contributed by atoms with Gasteiger partial charge in [0.1, 0.15) is 5.76 Å². The lowest BCUT2D eigenvalue weighted by atomic mass is 10.3. The normalized spacial score (nSPS) is 10.6. The lowest BCUT2D eigenvalue weighted by Gasteiger charge is -1.98. The molecular formula is C11H14O3. The molecule has 0 radical (unpaired) electrons. The van der Waals surface area contributed by atoms with Crippen LogP contribution in [0.2, 0.25) is 0 Å². The average Bonchev–Trinajstić information content (AvgIpc) is 2.68. The lowest BCUT2D eigenvalue weighted by Crippen LogP contribution is -2.01. The summed E-state index contributed by atoms with van der Waals surface area (Å²) in [4.78, 5) is 11.1. The maximum atomic E-state index is 11.1. The molecule has 0 fully saturated rings. The first-order valence-corrected chi connectivity index (χ1v) is 4.71. The summed E-state index contributed by atoms with van der Waals surface area (Å²) in [6.07, 6.45) is 6.44. The van der Waals surface area contributed by atoms with Crippen molar-refractivity contribution in [2.45, 2.75) is 19.8 Å². The van der Waals surface area contributed by atoms with Gasteiger partial charge in [0.2, 0.25) is 0 Å². The van der Waals surface area contributed by atoms with E-state index < -0.39 is 0 Å². The first-order chi connectivity index (χ1) is 6.83. The van der Waals surface area contributed by atoms with Crippen molar-refractivity contribution in [3.8, 4) is 0 Å². The van der Waals surface area contributed by atoms with E-state index in [0.717, 1.165) is 12.8 Å². The van der Waals surface area contributed by atoms with Gasteiger partial charge in [-0.25, -0.2) is 4.79 Å². The van der Waals surface area contributed by atoms with Crippen molar-refractivity contribution in [3.05, 3.63) is 30.2 Å². The molecule has 0 aliphatic heterocycles. The molecule has 0 aliphatic carbocycles. The van der Waals surface area contributed by atoms with Gasteiger partial charge in [-0.3, -0.25) is 0 Å². The number of furan rings is 1. The van der Waals surface area contributed by atoms with Gasteiger partial charge in [-0.2, -0.15) is 0 Å². The molecule has 0 aromatic carbocycles. The highest BCUT2D eigenvalue weighted by molar-refractivity contribution is 5.86. The summed E-state index contributed by atoms with van der Waals surface area (Å²) < 4.78 is 9.93. The van der Waals surface area contributed by atoms with Crippen molar-refractivity contribution < 1.29 is 13.9 Å². The molecule has 0 amide bonds. The molecule has 0 aliphatic rings. The lowest BCUT2D eigenvalue weighted by molar-refractivity contribution is -0.137. The van der Waals surface area contributed by atoms with Gasteiger partial charge in [0, 0.05) is 6.08 Å². The molecule has 1 aromatic rings. The Balaban J connectivity index is 2.26. The van der Waals surface area contributed by atoms with E-state index in [9.17, 15) is 4.79 Å². The smallest absolute Gasteiger partial charge is 0.330 e. The minimum atomic E-state index is -0.324. The molecule has 1 aromatic heterocycles. The zero-order valence-electron chi connectivity index (χ0n) is 8.23. The minimum absolute atomic E-state index is 0.324. The van der Waals surface area contributed by atoms with Gasteiger partial charge in [0.05, 0.1) is 12.9 Å². The topological polar surface area (TPSA) is 39.4 Å². The highest BCUT2D eigenvalue weighted by Crippen LogP contribution is 2.02. The van der Waals surface area contributed by atoms with Crippen LogP contribution in [0.4, 0.5) is 0 Å². The van der Waals surface area contributed by atoms with Crippen LogP contribution < -0.4 is 0 Å². The molecule has 1 rings (SSSR count). The van der Waals surface area contributed by atoms with Gasteiger partial charge < -0.3 is 9.15 Å². The Morgan fingerprint density at radius 2 is 2.50 bits per heavy atom. The molecule has 0 atom stereocenters. The summed E-state index contributed by atoms with van der Waals surface area (Å²) >= 11 is 0. The zero-order valence-corrected chi connectivity index (χ0v) is 8.23. The fourth-order valence-corrected chi connectivity index (χ4v) is 0.901. The number of rotatable bonds is 5. The monoisotopic (exact) mass is 194 g/mol. The van der Waals surface area contributed by atoms with Crippen molar-refractivity contribution in [2.24, 2.45) is 0 Å². The second kappa shape index (κ2) is 6.02. The molecule has 1 heterocycles. The molecule has 3 heteroatoms. The van der Waals surface area contributed by atoms with Gasteiger partial charge in [-0.1, -0.05) is 13.3 Å². The van der Waals surface area contributed by atoms with Gasteiger partial charge >= 0.3 is 5.97 Å². The molecule has 0 spiro atoms. The summed E-state index contributed by atoms with van der Waals surface area (Å²) in [5, 5.41) is 0. The number of hydrogen-bond donors (Lipinski definition) is 0. The van der Waals surface area contributed by atoms with Gasteiger partial charge in [0.15, 0.2) is 0 Å². The molecule has 76 valence electrons. The number of carbonyl (C=O) groups excluding carboxylic acids is 1. The van der Waals surface area contributed by atoms with Crippen LogP contribution in [0.15, 0.2) is 28.9 Å². The van der Waals surface area contributed by atoms with Crippen LogP contribution in [0.3, 0.4) is 0 Å². The van der Waals surface area contributed by atoms with Crippen LogP contribution in [0, 0.1) is 0 Å². The number of esters is 1. The quantitative estimate of drug-likeness (QED) is 0.411. The first kappa shape index (κ1) is 10.6. The maximum absolute atomic E-state index is 11.1. The number of carbonyl (C=O) groups is 1.